The van der Waals surface area contributed by atoms with E-state index in [2.05, 4.69) is 10.1 Å². The van der Waals surface area contributed by atoms with E-state index in [1.807, 2.05) is 20.9 Å². The summed E-state index contributed by atoms with van der Waals surface area (Å²) in [4.78, 5) is 3.86. The summed E-state index contributed by atoms with van der Waals surface area (Å²) >= 11 is 0. The van der Waals surface area contributed by atoms with Crippen LogP contribution in [0.5, 0.6) is 0 Å². The van der Waals surface area contributed by atoms with Gasteiger partial charge in [-0.15, -0.1) is 0 Å². The highest BCUT2D eigenvalue weighted by Crippen LogP contribution is 1.84. The Hall–Kier alpha value is -0.900. The van der Waals surface area contributed by atoms with Crippen molar-refractivity contribution in [1.82, 2.24) is 14.8 Å². The van der Waals surface area contributed by atoms with E-state index in [1.54, 1.807) is 4.68 Å². The van der Waals surface area contributed by atoms with E-state index < -0.39 is 0 Å². The van der Waals surface area contributed by atoms with Crippen molar-refractivity contribution in [3.05, 3.63) is 12.2 Å². The molecule has 0 saturated carbocycles. The summed E-state index contributed by atoms with van der Waals surface area (Å²) in [5.74, 6) is 0.810. The standard InChI is InChI=1S/C4H8N4.C2H6/c1-8-4(2-5)6-3-7-8;1-2/h3H,2,5H2,1H3;1-2H3. The van der Waals surface area contributed by atoms with E-state index >= 15 is 0 Å². The fraction of sp³-hybridized carbons (Fsp3) is 0.667. The molecule has 1 aromatic heterocycles. The molecule has 10 heavy (non-hydrogen) atoms. The quantitative estimate of drug-likeness (QED) is 0.613. The molecule has 0 fully saturated rings. The zero-order chi connectivity index (χ0) is 7.98. The number of aryl methyl sites for hydroxylation is 1. The zero-order valence-corrected chi connectivity index (χ0v) is 6.70. The predicted molar refractivity (Wildman–Crippen MR) is 40.2 cm³/mol. The fourth-order valence-electron chi connectivity index (χ4n) is 0.505. The molecule has 0 bridgehead atoms. The molecule has 4 nitrogen and oxygen atoms in total. The normalized spacial score (nSPS) is 8.40. The Labute approximate surface area is 61.1 Å². The number of nitrogens with zero attached hydrogens (tertiary/aromatic N) is 3. The molecule has 0 radical (unpaired) electrons. The third-order valence-corrected chi connectivity index (χ3v) is 0.988. The first-order chi connectivity index (χ1) is 4.84. The molecule has 58 valence electrons. The summed E-state index contributed by atoms with van der Waals surface area (Å²) in [6, 6.07) is 0. The number of nitrogens with two attached hydrogens (primary N) is 1. The van der Waals surface area contributed by atoms with Gasteiger partial charge >= 0.3 is 0 Å². The number of rotatable bonds is 1. The van der Waals surface area contributed by atoms with E-state index in [1.165, 1.54) is 6.33 Å². The van der Waals surface area contributed by atoms with Crippen LogP contribution in [0, 0.1) is 0 Å². The summed E-state index contributed by atoms with van der Waals surface area (Å²) in [7, 11) is 1.81. The van der Waals surface area contributed by atoms with Crippen molar-refractivity contribution >= 4 is 0 Å². The Morgan fingerprint density at radius 2 is 2.20 bits per heavy atom. The van der Waals surface area contributed by atoms with Crippen molar-refractivity contribution in [1.29, 1.82) is 0 Å². The van der Waals surface area contributed by atoms with Crippen LogP contribution in [-0.4, -0.2) is 14.8 Å². The van der Waals surface area contributed by atoms with E-state index in [0.29, 0.717) is 6.54 Å². The van der Waals surface area contributed by atoms with Gasteiger partial charge in [0.25, 0.3) is 0 Å². The molecule has 0 saturated heterocycles. The molecule has 0 aliphatic rings. The maximum atomic E-state index is 5.27. The molecule has 0 spiro atoms. The zero-order valence-electron chi connectivity index (χ0n) is 6.70. The van der Waals surface area contributed by atoms with Crippen LogP contribution >= 0.6 is 0 Å². The van der Waals surface area contributed by atoms with E-state index in [9.17, 15) is 0 Å². The minimum absolute atomic E-state index is 0.455. The van der Waals surface area contributed by atoms with Crippen molar-refractivity contribution < 1.29 is 0 Å². The minimum Gasteiger partial charge on any atom is -0.324 e. The van der Waals surface area contributed by atoms with Gasteiger partial charge in [-0.25, -0.2) is 4.98 Å². The van der Waals surface area contributed by atoms with E-state index in [0.717, 1.165) is 5.82 Å². The van der Waals surface area contributed by atoms with Crippen molar-refractivity contribution in [2.24, 2.45) is 12.8 Å². The molecule has 0 unspecified atom stereocenters. The second-order valence-electron chi connectivity index (χ2n) is 1.50. The second kappa shape index (κ2) is 4.93. The van der Waals surface area contributed by atoms with Crippen LogP contribution in [0.15, 0.2) is 6.33 Å². The Morgan fingerprint density at radius 1 is 1.60 bits per heavy atom. The van der Waals surface area contributed by atoms with Crippen LogP contribution in [0.2, 0.25) is 0 Å². The Balaban J connectivity index is 0.000000371. The Morgan fingerprint density at radius 3 is 2.40 bits per heavy atom. The number of hydrogen-bond donors (Lipinski definition) is 1. The first-order valence-corrected chi connectivity index (χ1v) is 3.37. The van der Waals surface area contributed by atoms with Gasteiger partial charge in [0.05, 0.1) is 6.54 Å². The second-order valence-corrected chi connectivity index (χ2v) is 1.50. The van der Waals surface area contributed by atoms with Gasteiger partial charge in [-0.3, -0.25) is 4.68 Å². The van der Waals surface area contributed by atoms with Crippen LogP contribution in [0.3, 0.4) is 0 Å². The molecule has 0 aromatic carbocycles. The highest BCUT2D eigenvalue weighted by Gasteiger charge is 1.92. The molecule has 1 aromatic rings. The van der Waals surface area contributed by atoms with Gasteiger partial charge in [-0.1, -0.05) is 13.8 Å². The van der Waals surface area contributed by atoms with Crippen LogP contribution in [0.1, 0.15) is 19.7 Å². The lowest BCUT2D eigenvalue weighted by atomic mass is 10.6. The molecule has 0 amide bonds. The lowest BCUT2D eigenvalue weighted by Gasteiger charge is -1.90. The van der Waals surface area contributed by atoms with Crippen LogP contribution < -0.4 is 5.73 Å². The van der Waals surface area contributed by atoms with Gasteiger partial charge in [-0.2, -0.15) is 5.10 Å². The van der Waals surface area contributed by atoms with E-state index in [-0.39, 0.29) is 0 Å². The van der Waals surface area contributed by atoms with Gasteiger partial charge in [0.2, 0.25) is 0 Å². The van der Waals surface area contributed by atoms with Gasteiger partial charge in [-0.05, 0) is 0 Å². The van der Waals surface area contributed by atoms with Crippen LogP contribution in [0.25, 0.3) is 0 Å². The summed E-state index contributed by atoms with van der Waals surface area (Å²) in [5.41, 5.74) is 5.27. The molecule has 4 heteroatoms. The van der Waals surface area contributed by atoms with Crippen molar-refractivity contribution in [2.45, 2.75) is 20.4 Å². The van der Waals surface area contributed by atoms with Crippen molar-refractivity contribution in [3.63, 3.8) is 0 Å². The Bertz CT molecular complexity index is 170. The topological polar surface area (TPSA) is 56.7 Å². The predicted octanol–water partition coefficient (Wildman–Crippen LogP) is 0.300. The monoisotopic (exact) mass is 142 g/mol. The third-order valence-electron chi connectivity index (χ3n) is 0.988. The molecule has 2 N–H and O–H groups in total. The molecular formula is C6H14N4. The lowest BCUT2D eigenvalue weighted by Crippen LogP contribution is -2.05. The minimum atomic E-state index is 0.455. The summed E-state index contributed by atoms with van der Waals surface area (Å²) in [6.07, 6.45) is 1.49. The number of aromatic nitrogens is 3. The highest BCUT2D eigenvalue weighted by atomic mass is 15.3. The highest BCUT2D eigenvalue weighted by molar-refractivity contribution is 4.79. The van der Waals surface area contributed by atoms with Crippen LogP contribution in [0.4, 0.5) is 0 Å². The third kappa shape index (κ3) is 2.14. The largest absolute Gasteiger partial charge is 0.324 e. The maximum Gasteiger partial charge on any atom is 0.140 e. The summed E-state index contributed by atoms with van der Waals surface area (Å²) in [6.45, 7) is 4.45. The lowest BCUT2D eigenvalue weighted by molar-refractivity contribution is 0.702. The molecule has 1 heterocycles. The van der Waals surface area contributed by atoms with Crippen LogP contribution in [-0.2, 0) is 13.6 Å². The molecule has 0 aliphatic carbocycles. The first-order valence-electron chi connectivity index (χ1n) is 3.37. The SMILES string of the molecule is CC.Cn1ncnc1CN. The average molecular weight is 142 g/mol. The number of hydrogen-bond acceptors (Lipinski definition) is 3. The molecule has 0 atom stereocenters. The van der Waals surface area contributed by atoms with Gasteiger partial charge in [0.1, 0.15) is 12.2 Å². The molecule has 1 rings (SSSR count). The van der Waals surface area contributed by atoms with Gasteiger partial charge < -0.3 is 5.73 Å². The van der Waals surface area contributed by atoms with E-state index in [4.69, 9.17) is 5.73 Å². The maximum absolute atomic E-state index is 5.27. The van der Waals surface area contributed by atoms with Gasteiger partial charge in [0.15, 0.2) is 0 Å². The molecular weight excluding hydrogens is 128 g/mol. The first kappa shape index (κ1) is 9.10. The van der Waals surface area contributed by atoms with Crippen molar-refractivity contribution in [3.8, 4) is 0 Å². The summed E-state index contributed by atoms with van der Waals surface area (Å²) in [5, 5.41) is 3.81. The average Bonchev–Trinajstić information content (AvgIpc) is 2.39. The molecule has 0 aliphatic heterocycles. The van der Waals surface area contributed by atoms with Gasteiger partial charge in [0, 0.05) is 7.05 Å². The summed E-state index contributed by atoms with van der Waals surface area (Å²) < 4.78 is 1.65. The Kier molecular flexibility index (Phi) is 4.49. The smallest absolute Gasteiger partial charge is 0.140 e. The fourth-order valence-corrected chi connectivity index (χ4v) is 0.505. The van der Waals surface area contributed by atoms with Crippen molar-refractivity contribution in [2.75, 3.05) is 0 Å².